The van der Waals surface area contributed by atoms with Crippen molar-refractivity contribution in [1.82, 2.24) is 0 Å². The molecule has 0 atom stereocenters. The van der Waals surface area contributed by atoms with E-state index in [2.05, 4.69) is 9.73 Å². The molecule has 0 N–H and O–H groups in total. The maximum atomic E-state index is 11.0. The highest BCUT2D eigenvalue weighted by Crippen LogP contribution is 2.02. The van der Waals surface area contributed by atoms with E-state index in [1.165, 1.54) is 11.8 Å². The van der Waals surface area contributed by atoms with E-state index in [1.807, 2.05) is 13.8 Å². The van der Waals surface area contributed by atoms with Crippen LogP contribution in [0.3, 0.4) is 0 Å². The van der Waals surface area contributed by atoms with Gasteiger partial charge in [-0.1, -0.05) is 11.8 Å². The highest BCUT2D eigenvalue weighted by Gasteiger charge is 2.04. The summed E-state index contributed by atoms with van der Waals surface area (Å²) in [6.07, 6.45) is 1.32. The first-order valence-corrected chi connectivity index (χ1v) is 6.36. The molecular weight excluding hydrogens is 230 g/mol. The van der Waals surface area contributed by atoms with Crippen molar-refractivity contribution in [3.63, 3.8) is 0 Å². The van der Waals surface area contributed by atoms with Gasteiger partial charge in [-0.25, -0.2) is 4.79 Å². The number of thioether (sulfide) groups is 1. The molecule has 0 aromatic rings. The fourth-order valence-corrected chi connectivity index (χ4v) is 1.15. The minimum atomic E-state index is -0.628. The number of hydrogen-bond donors (Lipinski definition) is 0. The highest BCUT2D eigenvalue weighted by molar-refractivity contribution is 8.13. The molecular formula is C10H19NO4S. The molecule has 0 aromatic heterocycles. The molecule has 0 aliphatic rings. The van der Waals surface area contributed by atoms with Crippen molar-refractivity contribution in [3.8, 4) is 0 Å². The third-order valence-electron chi connectivity index (χ3n) is 1.39. The number of rotatable bonds is 5. The van der Waals surface area contributed by atoms with Gasteiger partial charge in [-0.2, -0.15) is 0 Å². The summed E-state index contributed by atoms with van der Waals surface area (Å²) in [6, 6.07) is 0. The van der Waals surface area contributed by atoms with Crippen LogP contribution in [0, 0.1) is 0 Å². The van der Waals surface area contributed by atoms with Crippen molar-refractivity contribution in [3.05, 3.63) is 0 Å². The fraction of sp³-hybridized carbons (Fsp3) is 0.800. The van der Waals surface area contributed by atoms with Gasteiger partial charge in [0.15, 0.2) is 0 Å². The quantitative estimate of drug-likeness (QED) is 0.425. The van der Waals surface area contributed by atoms with Gasteiger partial charge in [-0.05, 0) is 27.0 Å². The van der Waals surface area contributed by atoms with E-state index in [9.17, 15) is 4.79 Å². The van der Waals surface area contributed by atoms with Gasteiger partial charge in [0.05, 0.1) is 19.3 Å². The molecule has 94 valence electrons. The Labute approximate surface area is 101 Å². The van der Waals surface area contributed by atoms with Crippen LogP contribution in [0.4, 0.5) is 4.79 Å². The van der Waals surface area contributed by atoms with Gasteiger partial charge in [-0.15, -0.1) is 4.99 Å². The molecule has 0 aromatic carbocycles. The molecule has 0 saturated carbocycles. The number of amides is 1. The van der Waals surface area contributed by atoms with E-state index in [1.54, 1.807) is 13.2 Å². The Bertz CT molecular complexity index is 231. The van der Waals surface area contributed by atoms with Crippen molar-refractivity contribution in [2.24, 2.45) is 4.99 Å². The first kappa shape index (κ1) is 15.2. The average molecular weight is 249 g/mol. The second-order valence-corrected chi connectivity index (χ2v) is 3.81. The standard InChI is InChI=1S/C10H19NO4S/c1-5-13-9(12)11-10(16-4)15-7-6-14-8(2)3/h8H,5-7H2,1-4H3. The van der Waals surface area contributed by atoms with Crippen molar-refractivity contribution < 1.29 is 19.0 Å². The molecule has 0 heterocycles. The Kier molecular flexibility index (Phi) is 9.03. The van der Waals surface area contributed by atoms with Crippen molar-refractivity contribution in [1.29, 1.82) is 0 Å². The van der Waals surface area contributed by atoms with E-state index < -0.39 is 6.09 Å². The summed E-state index contributed by atoms with van der Waals surface area (Å²) in [7, 11) is 0. The minimum absolute atomic E-state index is 0.170. The van der Waals surface area contributed by atoms with Crippen molar-refractivity contribution >= 4 is 23.1 Å². The first-order chi connectivity index (χ1) is 7.60. The van der Waals surface area contributed by atoms with Crippen LogP contribution in [0.15, 0.2) is 4.99 Å². The molecule has 0 radical (unpaired) electrons. The second kappa shape index (κ2) is 9.47. The monoisotopic (exact) mass is 249 g/mol. The number of aliphatic imine (C=N–C) groups is 1. The average Bonchev–Trinajstić information content (AvgIpc) is 2.22. The van der Waals surface area contributed by atoms with Crippen molar-refractivity contribution in [2.45, 2.75) is 26.9 Å². The Morgan fingerprint density at radius 1 is 1.31 bits per heavy atom. The zero-order valence-corrected chi connectivity index (χ0v) is 11.0. The van der Waals surface area contributed by atoms with E-state index in [-0.39, 0.29) is 6.10 Å². The summed E-state index contributed by atoms with van der Waals surface area (Å²) < 4.78 is 15.2. The molecule has 16 heavy (non-hydrogen) atoms. The van der Waals surface area contributed by atoms with Crippen LogP contribution in [-0.4, -0.2) is 43.5 Å². The van der Waals surface area contributed by atoms with Gasteiger partial charge in [0.1, 0.15) is 6.61 Å². The lowest BCUT2D eigenvalue weighted by Gasteiger charge is -2.09. The zero-order chi connectivity index (χ0) is 12.4. The summed E-state index contributed by atoms with van der Waals surface area (Å²) >= 11 is 1.25. The molecule has 0 fully saturated rings. The van der Waals surface area contributed by atoms with Gasteiger partial charge in [0.25, 0.3) is 5.23 Å². The smallest absolute Gasteiger partial charge is 0.437 e. The predicted molar refractivity (Wildman–Crippen MR) is 65.0 cm³/mol. The van der Waals surface area contributed by atoms with Crippen LogP contribution in [0.2, 0.25) is 0 Å². The Morgan fingerprint density at radius 3 is 2.50 bits per heavy atom. The summed E-state index contributed by atoms with van der Waals surface area (Å²) in [5.74, 6) is 0. The van der Waals surface area contributed by atoms with Crippen LogP contribution >= 0.6 is 11.8 Å². The lowest BCUT2D eigenvalue weighted by Crippen LogP contribution is -2.13. The predicted octanol–water partition coefficient (Wildman–Crippen LogP) is 2.30. The maximum Gasteiger partial charge on any atom is 0.437 e. The van der Waals surface area contributed by atoms with Gasteiger partial charge in [-0.3, -0.25) is 0 Å². The van der Waals surface area contributed by atoms with Crippen molar-refractivity contribution in [2.75, 3.05) is 26.1 Å². The summed E-state index contributed by atoms with van der Waals surface area (Å²) in [4.78, 5) is 14.7. The number of ether oxygens (including phenoxy) is 3. The third-order valence-corrected chi connectivity index (χ3v) is 1.94. The van der Waals surface area contributed by atoms with E-state index in [0.29, 0.717) is 25.1 Å². The first-order valence-electron chi connectivity index (χ1n) is 5.14. The molecule has 0 spiro atoms. The van der Waals surface area contributed by atoms with Crippen LogP contribution in [0.5, 0.6) is 0 Å². The summed E-state index contributed by atoms with van der Waals surface area (Å²) in [5, 5.41) is 0.297. The molecule has 5 nitrogen and oxygen atoms in total. The molecule has 0 aliphatic carbocycles. The number of hydrogen-bond acceptors (Lipinski definition) is 5. The minimum Gasteiger partial charge on any atom is -0.470 e. The largest absolute Gasteiger partial charge is 0.470 e. The number of carbonyl (C=O) groups is 1. The normalized spacial score (nSPS) is 11.7. The summed E-state index contributed by atoms with van der Waals surface area (Å²) in [5.41, 5.74) is 0. The lowest BCUT2D eigenvalue weighted by atomic mass is 10.5. The second-order valence-electron chi connectivity index (χ2n) is 3.05. The highest BCUT2D eigenvalue weighted by atomic mass is 32.2. The summed E-state index contributed by atoms with van der Waals surface area (Å²) in [6.45, 7) is 6.77. The molecule has 0 aliphatic heterocycles. The Hall–Kier alpha value is -0.750. The van der Waals surface area contributed by atoms with Crippen LogP contribution in [0.25, 0.3) is 0 Å². The number of nitrogens with zero attached hydrogens (tertiary/aromatic N) is 1. The SMILES string of the molecule is CCOC(=O)N=C(OCCOC(C)C)SC. The zero-order valence-electron chi connectivity index (χ0n) is 10.2. The Morgan fingerprint density at radius 2 is 2.00 bits per heavy atom. The van der Waals surface area contributed by atoms with Crippen LogP contribution < -0.4 is 0 Å². The molecule has 0 bridgehead atoms. The molecule has 6 heteroatoms. The van der Waals surface area contributed by atoms with Gasteiger partial charge in [0, 0.05) is 0 Å². The van der Waals surface area contributed by atoms with E-state index in [0.717, 1.165) is 0 Å². The van der Waals surface area contributed by atoms with Gasteiger partial charge in [0.2, 0.25) is 0 Å². The molecule has 0 saturated heterocycles. The third kappa shape index (κ3) is 8.55. The molecule has 1 amide bonds. The lowest BCUT2D eigenvalue weighted by molar-refractivity contribution is 0.0535. The molecule has 0 unspecified atom stereocenters. The molecule has 0 rings (SSSR count). The van der Waals surface area contributed by atoms with Crippen LogP contribution in [0.1, 0.15) is 20.8 Å². The maximum absolute atomic E-state index is 11.0. The van der Waals surface area contributed by atoms with Gasteiger partial charge >= 0.3 is 6.09 Å². The van der Waals surface area contributed by atoms with Gasteiger partial charge < -0.3 is 14.2 Å². The van der Waals surface area contributed by atoms with E-state index >= 15 is 0 Å². The van der Waals surface area contributed by atoms with Crippen LogP contribution in [-0.2, 0) is 14.2 Å². The fourth-order valence-electron chi connectivity index (χ4n) is 0.780. The van der Waals surface area contributed by atoms with E-state index in [4.69, 9.17) is 9.47 Å². The Balaban J connectivity index is 3.86. The number of carbonyl (C=O) groups excluding carboxylic acids is 1. The topological polar surface area (TPSA) is 57.1 Å².